The zero-order valence-corrected chi connectivity index (χ0v) is 11.4. The molecule has 1 aromatic carbocycles. The van der Waals surface area contributed by atoms with Crippen LogP contribution in [-0.4, -0.2) is 14.9 Å². The minimum absolute atomic E-state index is 0. The standard InChI is InChI=1S/C13H17N3O.ClH/c1-3-16-9-10(2)13(15-16)14-8-11-5-4-6-12(17)7-11;/h4-7,9,17H,3,8H2,1-2H3,(H,14,15);1H. The second-order valence-electron chi connectivity index (χ2n) is 4.04. The summed E-state index contributed by atoms with van der Waals surface area (Å²) in [5, 5.41) is 17.0. The monoisotopic (exact) mass is 267 g/mol. The van der Waals surface area contributed by atoms with Crippen molar-refractivity contribution in [1.82, 2.24) is 9.78 Å². The molecule has 0 saturated carbocycles. The van der Waals surface area contributed by atoms with Gasteiger partial charge < -0.3 is 10.4 Å². The summed E-state index contributed by atoms with van der Waals surface area (Å²) in [4.78, 5) is 0. The number of nitrogens with zero attached hydrogens (tertiary/aromatic N) is 2. The maximum atomic E-state index is 9.36. The van der Waals surface area contributed by atoms with Crippen LogP contribution < -0.4 is 5.32 Å². The van der Waals surface area contributed by atoms with E-state index in [1.807, 2.05) is 29.9 Å². The van der Waals surface area contributed by atoms with Crippen LogP contribution in [0, 0.1) is 6.92 Å². The van der Waals surface area contributed by atoms with Gasteiger partial charge in [-0.1, -0.05) is 12.1 Å². The number of phenolic OH excluding ortho intramolecular Hbond substituents is 1. The lowest BCUT2D eigenvalue weighted by Crippen LogP contribution is -2.02. The van der Waals surface area contributed by atoms with Crippen LogP contribution in [0.25, 0.3) is 0 Å². The second-order valence-corrected chi connectivity index (χ2v) is 4.04. The Morgan fingerprint density at radius 2 is 2.17 bits per heavy atom. The highest BCUT2D eigenvalue weighted by molar-refractivity contribution is 5.85. The molecule has 5 heteroatoms. The molecule has 0 atom stereocenters. The topological polar surface area (TPSA) is 50.1 Å². The van der Waals surface area contributed by atoms with Gasteiger partial charge in [0, 0.05) is 24.8 Å². The van der Waals surface area contributed by atoms with Crippen LogP contribution in [0.1, 0.15) is 18.1 Å². The van der Waals surface area contributed by atoms with Gasteiger partial charge in [-0.05, 0) is 31.5 Å². The molecule has 1 heterocycles. The van der Waals surface area contributed by atoms with Crippen LogP contribution in [0.15, 0.2) is 30.5 Å². The first-order chi connectivity index (χ1) is 8.19. The Hall–Kier alpha value is -1.68. The molecule has 0 aliphatic carbocycles. The molecule has 0 amide bonds. The van der Waals surface area contributed by atoms with E-state index in [9.17, 15) is 5.11 Å². The smallest absolute Gasteiger partial charge is 0.151 e. The lowest BCUT2D eigenvalue weighted by atomic mass is 10.2. The van der Waals surface area contributed by atoms with Gasteiger partial charge in [-0.3, -0.25) is 4.68 Å². The van der Waals surface area contributed by atoms with Crippen molar-refractivity contribution in [3.8, 4) is 5.75 Å². The third-order valence-electron chi connectivity index (χ3n) is 2.64. The number of phenols is 1. The molecule has 2 N–H and O–H groups in total. The number of anilines is 1. The van der Waals surface area contributed by atoms with E-state index in [1.54, 1.807) is 12.1 Å². The molecule has 0 spiro atoms. The highest BCUT2D eigenvalue weighted by atomic mass is 35.5. The SMILES string of the molecule is CCn1cc(C)c(NCc2cccc(O)c2)n1.Cl. The Bertz CT molecular complexity index is 511. The molecule has 0 unspecified atom stereocenters. The molecular weight excluding hydrogens is 250 g/mol. The van der Waals surface area contributed by atoms with Crippen molar-refractivity contribution in [2.75, 3.05) is 5.32 Å². The van der Waals surface area contributed by atoms with Crippen LogP contribution >= 0.6 is 12.4 Å². The van der Waals surface area contributed by atoms with Crippen LogP contribution in [-0.2, 0) is 13.1 Å². The van der Waals surface area contributed by atoms with Gasteiger partial charge in [-0.2, -0.15) is 5.10 Å². The van der Waals surface area contributed by atoms with E-state index in [0.717, 1.165) is 23.5 Å². The summed E-state index contributed by atoms with van der Waals surface area (Å²) in [6, 6.07) is 7.22. The summed E-state index contributed by atoms with van der Waals surface area (Å²) in [5.41, 5.74) is 2.17. The predicted octanol–water partition coefficient (Wildman–Crippen LogP) is 2.95. The Balaban J connectivity index is 0.00000162. The normalized spacial score (nSPS) is 9.89. The van der Waals surface area contributed by atoms with Gasteiger partial charge in [-0.25, -0.2) is 0 Å². The number of hydrogen-bond acceptors (Lipinski definition) is 3. The molecule has 0 fully saturated rings. The molecule has 0 saturated heterocycles. The number of aryl methyl sites for hydroxylation is 2. The minimum atomic E-state index is 0. The average Bonchev–Trinajstić information content (AvgIpc) is 2.68. The lowest BCUT2D eigenvalue weighted by molar-refractivity contribution is 0.474. The average molecular weight is 268 g/mol. The molecule has 0 radical (unpaired) electrons. The minimum Gasteiger partial charge on any atom is -0.508 e. The van der Waals surface area contributed by atoms with Crippen molar-refractivity contribution < 1.29 is 5.11 Å². The Kier molecular flexibility index (Phi) is 5.04. The fourth-order valence-corrected chi connectivity index (χ4v) is 1.71. The zero-order valence-electron chi connectivity index (χ0n) is 10.6. The van der Waals surface area contributed by atoms with E-state index >= 15 is 0 Å². The van der Waals surface area contributed by atoms with Gasteiger partial charge in [0.2, 0.25) is 0 Å². The number of rotatable bonds is 4. The maximum Gasteiger partial charge on any atom is 0.151 e. The van der Waals surface area contributed by atoms with Crippen molar-refractivity contribution in [3.05, 3.63) is 41.6 Å². The number of nitrogens with one attached hydrogen (secondary N) is 1. The van der Waals surface area contributed by atoms with Crippen molar-refractivity contribution >= 4 is 18.2 Å². The first-order valence-electron chi connectivity index (χ1n) is 5.75. The van der Waals surface area contributed by atoms with Crippen molar-refractivity contribution in [2.24, 2.45) is 0 Å². The van der Waals surface area contributed by atoms with Gasteiger partial charge in [-0.15, -0.1) is 12.4 Å². The Morgan fingerprint density at radius 1 is 1.39 bits per heavy atom. The van der Waals surface area contributed by atoms with Crippen LogP contribution in [0.3, 0.4) is 0 Å². The van der Waals surface area contributed by atoms with Gasteiger partial charge in [0.15, 0.2) is 5.82 Å². The quantitative estimate of drug-likeness (QED) is 0.895. The molecule has 18 heavy (non-hydrogen) atoms. The highest BCUT2D eigenvalue weighted by Gasteiger charge is 2.03. The van der Waals surface area contributed by atoms with E-state index in [4.69, 9.17) is 0 Å². The van der Waals surface area contributed by atoms with E-state index in [-0.39, 0.29) is 12.4 Å². The number of benzene rings is 1. The summed E-state index contributed by atoms with van der Waals surface area (Å²) < 4.78 is 1.90. The van der Waals surface area contributed by atoms with Gasteiger partial charge in [0.05, 0.1) is 0 Å². The van der Waals surface area contributed by atoms with Crippen molar-refractivity contribution in [2.45, 2.75) is 26.9 Å². The lowest BCUT2D eigenvalue weighted by Gasteiger charge is -2.04. The van der Waals surface area contributed by atoms with Crippen LogP contribution in [0.2, 0.25) is 0 Å². The Morgan fingerprint density at radius 3 is 2.78 bits per heavy atom. The second kappa shape index (κ2) is 6.31. The molecule has 2 rings (SSSR count). The van der Waals surface area contributed by atoms with Crippen LogP contribution in [0.4, 0.5) is 5.82 Å². The molecule has 0 aliphatic rings. The zero-order chi connectivity index (χ0) is 12.3. The van der Waals surface area contributed by atoms with Crippen molar-refractivity contribution in [1.29, 1.82) is 0 Å². The van der Waals surface area contributed by atoms with Crippen molar-refractivity contribution in [3.63, 3.8) is 0 Å². The fraction of sp³-hybridized carbons (Fsp3) is 0.308. The molecule has 4 nitrogen and oxygen atoms in total. The number of aromatic nitrogens is 2. The fourth-order valence-electron chi connectivity index (χ4n) is 1.71. The molecule has 0 bridgehead atoms. The summed E-state index contributed by atoms with van der Waals surface area (Å²) >= 11 is 0. The third-order valence-corrected chi connectivity index (χ3v) is 2.64. The maximum absolute atomic E-state index is 9.36. The summed E-state index contributed by atoms with van der Waals surface area (Å²) in [6.45, 7) is 5.63. The molecule has 1 aromatic heterocycles. The molecule has 2 aromatic rings. The summed E-state index contributed by atoms with van der Waals surface area (Å²) in [7, 11) is 0. The first-order valence-corrected chi connectivity index (χ1v) is 5.75. The van der Waals surface area contributed by atoms with Gasteiger partial charge >= 0.3 is 0 Å². The number of halogens is 1. The van der Waals surface area contributed by atoms with Gasteiger partial charge in [0.25, 0.3) is 0 Å². The molecule has 0 aliphatic heterocycles. The van der Waals surface area contributed by atoms with E-state index in [2.05, 4.69) is 17.3 Å². The van der Waals surface area contributed by atoms with E-state index < -0.39 is 0 Å². The van der Waals surface area contributed by atoms with Gasteiger partial charge in [0.1, 0.15) is 5.75 Å². The number of aromatic hydroxyl groups is 1. The van der Waals surface area contributed by atoms with E-state index in [1.165, 1.54) is 0 Å². The summed E-state index contributed by atoms with van der Waals surface area (Å²) in [5.74, 6) is 1.19. The number of hydrogen-bond donors (Lipinski definition) is 2. The van der Waals surface area contributed by atoms with E-state index in [0.29, 0.717) is 12.3 Å². The summed E-state index contributed by atoms with van der Waals surface area (Å²) in [6.07, 6.45) is 2.02. The Labute approximate surface area is 113 Å². The molecule has 98 valence electrons. The first kappa shape index (κ1) is 14.4. The largest absolute Gasteiger partial charge is 0.508 e. The van der Waals surface area contributed by atoms with Crippen LogP contribution in [0.5, 0.6) is 5.75 Å². The third kappa shape index (κ3) is 3.40. The highest BCUT2D eigenvalue weighted by Crippen LogP contribution is 2.15. The molecular formula is C13H18ClN3O. The predicted molar refractivity (Wildman–Crippen MR) is 75.3 cm³/mol.